The first-order valence-electron chi connectivity index (χ1n) is 7.72. The minimum absolute atomic E-state index is 0.200. The fourth-order valence-electron chi connectivity index (χ4n) is 2.57. The van der Waals surface area contributed by atoms with E-state index >= 15 is 0 Å². The molecule has 0 radical (unpaired) electrons. The van der Waals surface area contributed by atoms with E-state index in [9.17, 15) is 4.79 Å². The lowest BCUT2D eigenvalue weighted by atomic mass is 10.2. The number of hydrogen-bond donors (Lipinski definition) is 0. The van der Waals surface area contributed by atoms with Gasteiger partial charge in [-0.15, -0.1) is 0 Å². The van der Waals surface area contributed by atoms with E-state index in [4.69, 9.17) is 26.4 Å². The molecule has 0 atom stereocenters. The van der Waals surface area contributed by atoms with Crippen molar-refractivity contribution in [3.05, 3.63) is 52.9 Å². The van der Waals surface area contributed by atoms with Gasteiger partial charge in [-0.25, -0.2) is 0 Å². The minimum Gasteiger partial charge on any atom is -0.497 e. The number of carbonyl (C=O) groups is 1. The number of amides is 1. The molecular weight excluding hydrogens is 370 g/mol. The highest BCUT2D eigenvalue weighted by molar-refractivity contribution is 8.27. The van der Waals surface area contributed by atoms with Crippen molar-refractivity contribution < 1.29 is 19.0 Å². The van der Waals surface area contributed by atoms with Gasteiger partial charge >= 0.3 is 0 Å². The molecule has 1 aliphatic rings. The first kappa shape index (κ1) is 18.3. The summed E-state index contributed by atoms with van der Waals surface area (Å²) in [4.78, 5) is 15.0. The summed E-state index contributed by atoms with van der Waals surface area (Å²) in [5, 5.41) is 0. The van der Waals surface area contributed by atoms with Crippen molar-refractivity contribution in [2.75, 3.05) is 26.2 Å². The molecule has 1 saturated heterocycles. The van der Waals surface area contributed by atoms with Gasteiger partial charge in [0.1, 0.15) is 17.2 Å². The molecule has 5 nitrogen and oxygen atoms in total. The van der Waals surface area contributed by atoms with Crippen LogP contribution in [0.2, 0.25) is 0 Å². The second-order valence-electron chi connectivity index (χ2n) is 5.30. The summed E-state index contributed by atoms with van der Waals surface area (Å²) in [6.45, 7) is 0. The van der Waals surface area contributed by atoms with E-state index in [1.807, 2.05) is 24.3 Å². The Kier molecular flexibility index (Phi) is 5.49. The predicted molar refractivity (Wildman–Crippen MR) is 108 cm³/mol. The molecule has 0 N–H and O–H groups in total. The average molecular weight is 387 g/mol. The van der Waals surface area contributed by atoms with Crippen LogP contribution in [0.25, 0.3) is 6.08 Å². The lowest BCUT2D eigenvalue weighted by Crippen LogP contribution is -2.27. The van der Waals surface area contributed by atoms with Crippen LogP contribution in [-0.2, 0) is 4.79 Å². The van der Waals surface area contributed by atoms with E-state index in [0.717, 1.165) is 5.56 Å². The van der Waals surface area contributed by atoms with Crippen molar-refractivity contribution in [1.29, 1.82) is 0 Å². The largest absolute Gasteiger partial charge is 0.497 e. The lowest BCUT2D eigenvalue weighted by Gasteiger charge is -2.18. The third-order valence-electron chi connectivity index (χ3n) is 3.85. The Morgan fingerprint density at radius 3 is 2.42 bits per heavy atom. The number of methoxy groups -OCH3 is 3. The van der Waals surface area contributed by atoms with Crippen LogP contribution in [-0.4, -0.2) is 31.6 Å². The number of thiocarbonyl (C=S) groups is 1. The first-order valence-corrected chi connectivity index (χ1v) is 8.94. The van der Waals surface area contributed by atoms with E-state index in [-0.39, 0.29) is 5.91 Å². The van der Waals surface area contributed by atoms with Crippen molar-refractivity contribution in [2.45, 2.75) is 0 Å². The van der Waals surface area contributed by atoms with Gasteiger partial charge in [-0.3, -0.25) is 9.69 Å². The second kappa shape index (κ2) is 7.80. The molecule has 134 valence electrons. The highest BCUT2D eigenvalue weighted by atomic mass is 32.2. The van der Waals surface area contributed by atoms with Crippen molar-refractivity contribution in [3.8, 4) is 17.2 Å². The molecule has 0 aliphatic carbocycles. The molecule has 0 unspecified atom stereocenters. The normalized spacial score (nSPS) is 15.5. The summed E-state index contributed by atoms with van der Waals surface area (Å²) < 4.78 is 16.4. The van der Waals surface area contributed by atoms with Crippen molar-refractivity contribution >= 4 is 46.0 Å². The van der Waals surface area contributed by atoms with Crippen LogP contribution in [0.4, 0.5) is 5.69 Å². The number of para-hydroxylation sites is 1. The lowest BCUT2D eigenvalue weighted by molar-refractivity contribution is -0.113. The smallest absolute Gasteiger partial charge is 0.270 e. The van der Waals surface area contributed by atoms with Crippen LogP contribution in [0, 0.1) is 0 Å². The van der Waals surface area contributed by atoms with E-state index < -0.39 is 0 Å². The fourth-order valence-corrected chi connectivity index (χ4v) is 3.85. The van der Waals surface area contributed by atoms with Crippen molar-refractivity contribution in [3.63, 3.8) is 0 Å². The Hall–Kier alpha value is -2.51. The van der Waals surface area contributed by atoms with E-state index in [1.165, 1.54) is 16.7 Å². The molecule has 0 bridgehead atoms. The second-order valence-corrected chi connectivity index (χ2v) is 6.97. The zero-order valence-electron chi connectivity index (χ0n) is 14.5. The van der Waals surface area contributed by atoms with Crippen molar-refractivity contribution in [1.82, 2.24) is 0 Å². The van der Waals surface area contributed by atoms with Crippen LogP contribution in [0.15, 0.2) is 47.4 Å². The summed E-state index contributed by atoms with van der Waals surface area (Å²) in [6, 6.07) is 12.7. The van der Waals surface area contributed by atoms with E-state index in [1.54, 1.807) is 45.6 Å². The van der Waals surface area contributed by atoms with Gasteiger partial charge in [0, 0.05) is 11.6 Å². The van der Waals surface area contributed by atoms with Gasteiger partial charge in [-0.05, 0) is 24.3 Å². The van der Waals surface area contributed by atoms with Gasteiger partial charge in [-0.2, -0.15) is 0 Å². The van der Waals surface area contributed by atoms with Crippen LogP contribution < -0.4 is 19.1 Å². The number of benzene rings is 2. The number of hydrogen-bond acceptors (Lipinski definition) is 6. The number of carbonyl (C=O) groups excluding carboxylic acids is 1. The Balaban J connectivity index is 1.99. The maximum absolute atomic E-state index is 13.0. The van der Waals surface area contributed by atoms with E-state index in [2.05, 4.69) is 0 Å². The summed E-state index contributed by atoms with van der Waals surface area (Å²) in [5.41, 5.74) is 1.40. The summed E-state index contributed by atoms with van der Waals surface area (Å²) in [7, 11) is 4.71. The molecule has 7 heteroatoms. The van der Waals surface area contributed by atoms with Crippen molar-refractivity contribution in [2.24, 2.45) is 0 Å². The zero-order chi connectivity index (χ0) is 18.7. The van der Waals surface area contributed by atoms with Gasteiger partial charge in [0.2, 0.25) is 0 Å². The standard InChI is InChI=1S/C19H17NO4S2/c1-22-13-8-9-14(16(11-13)24-3)20-18(21)17(26-19(20)25)10-12-6-4-5-7-15(12)23-2/h4-11H,1-3H3. The number of anilines is 1. The Bertz CT molecular complexity index is 895. The summed E-state index contributed by atoms with van der Waals surface area (Å²) >= 11 is 6.68. The molecule has 0 spiro atoms. The molecule has 0 aromatic heterocycles. The number of ether oxygens (including phenoxy) is 3. The quantitative estimate of drug-likeness (QED) is 0.568. The first-order chi connectivity index (χ1) is 12.6. The maximum Gasteiger partial charge on any atom is 0.270 e. The number of thioether (sulfide) groups is 1. The van der Waals surface area contributed by atoms with E-state index in [0.29, 0.717) is 32.2 Å². The molecule has 2 aromatic rings. The Morgan fingerprint density at radius 2 is 1.73 bits per heavy atom. The average Bonchev–Trinajstić information content (AvgIpc) is 2.94. The molecule has 1 fully saturated rings. The highest BCUT2D eigenvalue weighted by Gasteiger charge is 2.35. The predicted octanol–water partition coefficient (Wildman–Crippen LogP) is 4.12. The Morgan fingerprint density at radius 1 is 1.00 bits per heavy atom. The molecule has 1 aliphatic heterocycles. The van der Waals surface area contributed by atoms with Gasteiger partial charge in [0.15, 0.2) is 4.32 Å². The van der Waals surface area contributed by atoms with Gasteiger partial charge in [-0.1, -0.05) is 42.2 Å². The SMILES string of the molecule is COc1ccc(N2C(=O)C(=Cc3ccccc3OC)SC2=S)c(OC)c1. The molecule has 2 aromatic carbocycles. The van der Waals surface area contributed by atoms with Crippen LogP contribution in [0.3, 0.4) is 0 Å². The van der Waals surface area contributed by atoms with Gasteiger partial charge in [0.05, 0.1) is 31.9 Å². The summed E-state index contributed by atoms with van der Waals surface area (Å²) in [6.07, 6.45) is 1.79. The monoisotopic (exact) mass is 387 g/mol. The van der Waals surface area contributed by atoms with Crippen LogP contribution >= 0.6 is 24.0 Å². The highest BCUT2D eigenvalue weighted by Crippen LogP contribution is 2.41. The number of rotatable bonds is 5. The Labute approximate surface area is 161 Å². The van der Waals surface area contributed by atoms with Crippen LogP contribution in [0.1, 0.15) is 5.56 Å². The molecule has 26 heavy (non-hydrogen) atoms. The third-order valence-corrected chi connectivity index (χ3v) is 5.15. The zero-order valence-corrected chi connectivity index (χ0v) is 16.1. The third kappa shape index (κ3) is 3.40. The van der Waals surface area contributed by atoms with Gasteiger partial charge < -0.3 is 14.2 Å². The topological polar surface area (TPSA) is 48.0 Å². The number of nitrogens with zero attached hydrogens (tertiary/aromatic N) is 1. The molecule has 0 saturated carbocycles. The molecule has 1 heterocycles. The minimum atomic E-state index is -0.200. The molecular formula is C19H17NO4S2. The van der Waals surface area contributed by atoms with Gasteiger partial charge in [0.25, 0.3) is 5.91 Å². The summed E-state index contributed by atoms with van der Waals surface area (Å²) in [5.74, 6) is 1.65. The fraction of sp³-hybridized carbons (Fsp3) is 0.158. The maximum atomic E-state index is 13.0. The molecule has 1 amide bonds. The molecule has 3 rings (SSSR count). The van der Waals surface area contributed by atoms with Crippen LogP contribution in [0.5, 0.6) is 17.2 Å².